The highest BCUT2D eigenvalue weighted by molar-refractivity contribution is 6.44. The van der Waals surface area contributed by atoms with Gasteiger partial charge in [-0.1, -0.05) is 30.3 Å². The number of amides is 4. The molecule has 0 aliphatic carbocycles. The van der Waals surface area contributed by atoms with Gasteiger partial charge in [-0.15, -0.1) is 0 Å². The molecule has 1 saturated heterocycles. The molecule has 1 unspecified atom stereocenters. The molecule has 2 aromatic carbocycles. The average molecular weight is 370 g/mol. The topological polar surface area (TPSA) is 66.9 Å². The minimum Gasteiger partial charge on any atom is -0.494 e. The van der Waals surface area contributed by atoms with Gasteiger partial charge in [-0.05, 0) is 43.2 Å². The van der Waals surface area contributed by atoms with E-state index in [2.05, 4.69) is 0 Å². The third kappa shape index (κ3) is 3.97. The molecule has 0 aromatic heterocycles. The first-order valence-corrected chi connectivity index (χ1v) is 8.61. The van der Waals surface area contributed by atoms with Crippen LogP contribution in [0.15, 0.2) is 54.6 Å². The summed E-state index contributed by atoms with van der Waals surface area (Å²) in [5.74, 6) is -1.52. The highest BCUT2D eigenvalue weighted by Crippen LogP contribution is 2.26. The van der Waals surface area contributed by atoms with Gasteiger partial charge in [-0.3, -0.25) is 14.5 Å². The van der Waals surface area contributed by atoms with Crippen LogP contribution in [-0.2, 0) is 9.59 Å². The van der Waals surface area contributed by atoms with E-state index in [1.165, 1.54) is 24.3 Å². The van der Waals surface area contributed by atoms with E-state index in [0.29, 0.717) is 12.2 Å². The number of imide groups is 2. The van der Waals surface area contributed by atoms with Crippen molar-refractivity contribution in [3.63, 3.8) is 0 Å². The van der Waals surface area contributed by atoms with Crippen LogP contribution in [-0.4, -0.2) is 40.8 Å². The summed E-state index contributed by atoms with van der Waals surface area (Å²) in [5, 5.41) is 0. The summed E-state index contributed by atoms with van der Waals surface area (Å²) in [6.45, 7) is 2.01. The highest BCUT2D eigenvalue weighted by atomic mass is 19.1. The maximum atomic E-state index is 12.9. The second-order valence-electron chi connectivity index (χ2n) is 6.16. The molecule has 6 nitrogen and oxygen atoms in total. The van der Waals surface area contributed by atoms with Crippen LogP contribution in [0, 0.1) is 5.82 Å². The maximum Gasteiger partial charge on any atom is 0.334 e. The van der Waals surface area contributed by atoms with Crippen LogP contribution in [0.5, 0.6) is 5.75 Å². The predicted octanol–water partition coefficient (Wildman–Crippen LogP) is 3.15. The van der Waals surface area contributed by atoms with E-state index in [-0.39, 0.29) is 19.0 Å². The zero-order valence-corrected chi connectivity index (χ0v) is 14.8. The van der Waals surface area contributed by atoms with Crippen molar-refractivity contribution >= 4 is 17.8 Å². The zero-order chi connectivity index (χ0) is 19.4. The Balaban J connectivity index is 1.58. The molecule has 0 spiro atoms. The van der Waals surface area contributed by atoms with Crippen molar-refractivity contribution in [1.29, 1.82) is 0 Å². The molecule has 140 valence electrons. The number of carbonyl (C=O) groups is 3. The van der Waals surface area contributed by atoms with Crippen molar-refractivity contribution in [2.75, 3.05) is 13.2 Å². The van der Waals surface area contributed by atoms with Crippen molar-refractivity contribution in [3.05, 3.63) is 66.0 Å². The lowest BCUT2D eigenvalue weighted by Gasteiger charge is -2.22. The van der Waals surface area contributed by atoms with Crippen molar-refractivity contribution in [3.8, 4) is 5.75 Å². The van der Waals surface area contributed by atoms with Gasteiger partial charge >= 0.3 is 17.8 Å². The molecule has 7 heteroatoms. The number of rotatable bonds is 7. The van der Waals surface area contributed by atoms with E-state index in [4.69, 9.17) is 4.74 Å². The highest BCUT2D eigenvalue weighted by Gasteiger charge is 2.46. The van der Waals surface area contributed by atoms with Gasteiger partial charge in [0.05, 0.1) is 12.6 Å². The number of hydrogen-bond donors (Lipinski definition) is 0. The normalized spacial score (nSPS) is 15.4. The Morgan fingerprint density at radius 2 is 1.63 bits per heavy atom. The number of nitrogens with zero attached hydrogens (tertiary/aromatic N) is 2. The van der Waals surface area contributed by atoms with Gasteiger partial charge in [-0.25, -0.2) is 14.1 Å². The lowest BCUT2D eigenvalue weighted by molar-refractivity contribution is -0.144. The Labute approximate surface area is 156 Å². The largest absolute Gasteiger partial charge is 0.494 e. The van der Waals surface area contributed by atoms with E-state index < -0.39 is 23.9 Å². The fraction of sp³-hybridized carbons (Fsp3) is 0.250. The molecule has 4 amide bonds. The Morgan fingerprint density at radius 3 is 2.30 bits per heavy atom. The molecule has 0 N–H and O–H groups in total. The molecular formula is C20H19FN2O4. The second-order valence-corrected chi connectivity index (χ2v) is 6.16. The Hall–Kier alpha value is -3.22. The van der Waals surface area contributed by atoms with E-state index in [9.17, 15) is 18.8 Å². The molecule has 0 bridgehead atoms. The summed E-state index contributed by atoms with van der Waals surface area (Å²) in [6, 6.07) is 13.5. The summed E-state index contributed by atoms with van der Waals surface area (Å²) in [7, 11) is 0. The van der Waals surface area contributed by atoms with Gasteiger partial charge in [-0.2, -0.15) is 0 Å². The molecule has 27 heavy (non-hydrogen) atoms. The molecule has 3 rings (SSSR count). The minimum absolute atomic E-state index is 0.0720. The monoisotopic (exact) mass is 370 g/mol. The third-order valence-corrected chi connectivity index (χ3v) is 4.36. The number of carbonyl (C=O) groups excluding carboxylic acids is 3. The van der Waals surface area contributed by atoms with Gasteiger partial charge in [0.1, 0.15) is 11.6 Å². The molecule has 1 heterocycles. The number of hydrogen-bond acceptors (Lipinski definition) is 4. The standard InChI is InChI=1S/C20H19FN2O4/c1-14(15-6-3-2-4-7-15)23-19(25)18(24)22(20(23)26)12-5-13-27-17-10-8-16(21)9-11-17/h2-4,6-11,14H,5,12-13H2,1H3. The summed E-state index contributed by atoms with van der Waals surface area (Å²) in [6.07, 6.45) is 0.357. The average Bonchev–Trinajstić information content (AvgIpc) is 2.89. The third-order valence-electron chi connectivity index (χ3n) is 4.36. The van der Waals surface area contributed by atoms with Crippen LogP contribution in [0.3, 0.4) is 0 Å². The number of halogens is 1. The molecule has 2 aromatic rings. The Morgan fingerprint density at radius 1 is 0.963 bits per heavy atom. The molecular weight excluding hydrogens is 351 g/mol. The summed E-state index contributed by atoms with van der Waals surface area (Å²) in [4.78, 5) is 39.0. The van der Waals surface area contributed by atoms with Crippen LogP contribution in [0.4, 0.5) is 9.18 Å². The van der Waals surface area contributed by atoms with E-state index in [1.54, 1.807) is 19.1 Å². The first-order chi connectivity index (χ1) is 13.0. The molecule has 1 atom stereocenters. The SMILES string of the molecule is CC(c1ccccc1)N1C(=O)C(=O)N(CCCOc2ccc(F)cc2)C1=O. The second kappa shape index (κ2) is 7.99. The van der Waals surface area contributed by atoms with Crippen LogP contribution in [0.1, 0.15) is 24.9 Å². The smallest absolute Gasteiger partial charge is 0.334 e. The van der Waals surface area contributed by atoms with Crippen LogP contribution in [0.25, 0.3) is 0 Å². The first kappa shape index (κ1) is 18.6. The first-order valence-electron chi connectivity index (χ1n) is 8.61. The van der Waals surface area contributed by atoms with E-state index in [0.717, 1.165) is 15.4 Å². The van der Waals surface area contributed by atoms with Gasteiger partial charge in [0.25, 0.3) is 0 Å². The van der Waals surface area contributed by atoms with Gasteiger partial charge < -0.3 is 4.74 Å². The number of urea groups is 1. The minimum atomic E-state index is -0.829. The number of ether oxygens (including phenoxy) is 1. The van der Waals surface area contributed by atoms with Crippen LogP contribution in [0.2, 0.25) is 0 Å². The zero-order valence-electron chi connectivity index (χ0n) is 14.8. The van der Waals surface area contributed by atoms with Crippen LogP contribution < -0.4 is 4.74 Å². The lowest BCUT2D eigenvalue weighted by Crippen LogP contribution is -2.36. The van der Waals surface area contributed by atoms with Gasteiger partial charge in [0.2, 0.25) is 0 Å². The summed E-state index contributed by atoms with van der Waals surface area (Å²) >= 11 is 0. The van der Waals surface area contributed by atoms with Crippen molar-refractivity contribution in [1.82, 2.24) is 9.80 Å². The van der Waals surface area contributed by atoms with Gasteiger partial charge in [0, 0.05) is 6.54 Å². The van der Waals surface area contributed by atoms with Crippen molar-refractivity contribution in [2.24, 2.45) is 0 Å². The summed E-state index contributed by atoms with van der Waals surface area (Å²) < 4.78 is 18.3. The fourth-order valence-electron chi connectivity index (χ4n) is 2.89. The van der Waals surface area contributed by atoms with E-state index in [1.807, 2.05) is 18.2 Å². The quantitative estimate of drug-likeness (QED) is 0.427. The maximum absolute atomic E-state index is 12.9. The molecule has 0 radical (unpaired) electrons. The molecule has 1 fully saturated rings. The van der Waals surface area contributed by atoms with Crippen molar-refractivity contribution in [2.45, 2.75) is 19.4 Å². The predicted molar refractivity (Wildman–Crippen MR) is 95.3 cm³/mol. The Bertz CT molecular complexity index is 839. The van der Waals surface area contributed by atoms with Crippen molar-refractivity contribution < 1.29 is 23.5 Å². The summed E-state index contributed by atoms with van der Waals surface area (Å²) in [5.41, 5.74) is 0.772. The Kier molecular flexibility index (Phi) is 5.49. The fourth-order valence-corrected chi connectivity index (χ4v) is 2.89. The molecule has 0 saturated carbocycles. The lowest BCUT2D eigenvalue weighted by atomic mass is 10.1. The molecule has 1 aliphatic rings. The number of benzene rings is 2. The van der Waals surface area contributed by atoms with E-state index >= 15 is 0 Å². The van der Waals surface area contributed by atoms with Crippen LogP contribution >= 0.6 is 0 Å². The van der Waals surface area contributed by atoms with Gasteiger partial charge in [0.15, 0.2) is 0 Å². The molecule has 1 aliphatic heterocycles.